The fourth-order valence-corrected chi connectivity index (χ4v) is 1.30. The summed E-state index contributed by atoms with van der Waals surface area (Å²) < 4.78 is 24.4. The van der Waals surface area contributed by atoms with E-state index in [4.69, 9.17) is 0 Å². The van der Waals surface area contributed by atoms with Crippen molar-refractivity contribution in [3.8, 4) is 0 Å². The van der Waals surface area contributed by atoms with Gasteiger partial charge in [-0.15, -0.1) is 0 Å². The van der Waals surface area contributed by atoms with Gasteiger partial charge in [-0.05, 0) is 6.92 Å². The first-order valence-electron chi connectivity index (χ1n) is 3.04. The Bertz CT molecular complexity index is 178. The molecular formula is C5H11O5P. The second-order valence-electron chi connectivity index (χ2n) is 1.63. The minimum atomic E-state index is -3.61. The number of rotatable bonds is 4. The molecule has 0 fully saturated rings. The Morgan fingerprint density at radius 1 is 1.55 bits per heavy atom. The molecule has 1 atom stereocenters. The molecule has 0 aromatic rings. The first-order valence-corrected chi connectivity index (χ1v) is 4.50. The first-order chi connectivity index (χ1) is 5.04. The molecule has 0 aliphatic carbocycles. The lowest BCUT2D eigenvalue weighted by atomic mass is 10.9. The van der Waals surface area contributed by atoms with Gasteiger partial charge in [-0.25, -0.2) is 4.57 Å². The van der Waals surface area contributed by atoms with Gasteiger partial charge in [0, 0.05) is 14.0 Å². The fourth-order valence-electron chi connectivity index (χ4n) is 0.432. The van der Waals surface area contributed by atoms with Crippen molar-refractivity contribution in [1.29, 1.82) is 0 Å². The predicted octanol–water partition coefficient (Wildman–Crippen LogP) is 1.34. The molecule has 66 valence electrons. The highest BCUT2D eigenvalue weighted by Crippen LogP contribution is 2.48. The minimum absolute atomic E-state index is 0.165. The Morgan fingerprint density at radius 3 is 2.36 bits per heavy atom. The second-order valence-corrected chi connectivity index (χ2v) is 3.33. The SMILES string of the molecule is CCOP(=O)(OC)OC(C)=O. The summed E-state index contributed by atoms with van der Waals surface area (Å²) in [6.45, 7) is 2.91. The molecule has 1 unspecified atom stereocenters. The van der Waals surface area contributed by atoms with Crippen molar-refractivity contribution in [2.24, 2.45) is 0 Å². The number of hydrogen-bond acceptors (Lipinski definition) is 5. The summed E-state index contributed by atoms with van der Waals surface area (Å²) in [4.78, 5) is 10.3. The van der Waals surface area contributed by atoms with Crippen LogP contribution < -0.4 is 0 Å². The normalized spacial score (nSPS) is 15.5. The summed E-state index contributed by atoms with van der Waals surface area (Å²) in [5.74, 6) is -0.691. The van der Waals surface area contributed by atoms with Crippen molar-refractivity contribution in [2.75, 3.05) is 13.7 Å². The standard InChI is InChI=1S/C5H11O5P/c1-4-9-11(7,8-3)10-5(2)6/h4H2,1-3H3. The van der Waals surface area contributed by atoms with Crippen molar-refractivity contribution in [2.45, 2.75) is 13.8 Å². The zero-order valence-corrected chi connectivity index (χ0v) is 7.59. The van der Waals surface area contributed by atoms with Gasteiger partial charge in [-0.1, -0.05) is 0 Å². The Morgan fingerprint density at radius 2 is 2.09 bits per heavy atom. The molecular weight excluding hydrogens is 171 g/mol. The van der Waals surface area contributed by atoms with Gasteiger partial charge in [0.05, 0.1) is 6.61 Å². The topological polar surface area (TPSA) is 61.8 Å². The number of hydrogen-bond donors (Lipinski definition) is 0. The molecule has 0 aromatic heterocycles. The average Bonchev–Trinajstić information content (AvgIpc) is 1.87. The summed E-state index contributed by atoms with van der Waals surface area (Å²) >= 11 is 0. The van der Waals surface area contributed by atoms with Gasteiger partial charge in [0.1, 0.15) is 0 Å². The molecule has 6 heteroatoms. The van der Waals surface area contributed by atoms with E-state index < -0.39 is 13.8 Å². The summed E-state index contributed by atoms with van der Waals surface area (Å²) in [6.07, 6.45) is 0. The molecule has 0 heterocycles. The van der Waals surface area contributed by atoms with Crippen LogP contribution in [0.4, 0.5) is 0 Å². The van der Waals surface area contributed by atoms with Gasteiger partial charge < -0.3 is 4.52 Å². The number of phosphoric ester groups is 1. The molecule has 0 bridgehead atoms. The monoisotopic (exact) mass is 182 g/mol. The molecule has 11 heavy (non-hydrogen) atoms. The molecule has 0 aliphatic rings. The Hall–Kier alpha value is -0.380. The first kappa shape index (κ1) is 10.6. The van der Waals surface area contributed by atoms with E-state index in [-0.39, 0.29) is 6.61 Å². The van der Waals surface area contributed by atoms with Crippen LogP contribution in [0.1, 0.15) is 13.8 Å². The average molecular weight is 182 g/mol. The third-order valence-corrected chi connectivity index (χ3v) is 2.25. The van der Waals surface area contributed by atoms with Crippen LogP contribution in [0.5, 0.6) is 0 Å². The van der Waals surface area contributed by atoms with Crippen LogP contribution in [0.15, 0.2) is 0 Å². The second kappa shape index (κ2) is 4.49. The lowest BCUT2D eigenvalue weighted by molar-refractivity contribution is -0.133. The van der Waals surface area contributed by atoms with E-state index in [1.165, 1.54) is 0 Å². The molecule has 0 rings (SSSR count). The van der Waals surface area contributed by atoms with E-state index in [1.54, 1.807) is 6.92 Å². The summed E-state index contributed by atoms with van der Waals surface area (Å²) in [7, 11) is -2.45. The lowest BCUT2D eigenvalue weighted by Crippen LogP contribution is -2.01. The van der Waals surface area contributed by atoms with Crippen LogP contribution in [-0.4, -0.2) is 19.7 Å². The zero-order chi connectivity index (χ0) is 8.91. The van der Waals surface area contributed by atoms with Crippen molar-refractivity contribution >= 4 is 13.8 Å². The number of carbonyl (C=O) groups excluding carboxylic acids is 1. The maximum Gasteiger partial charge on any atom is 0.531 e. The summed E-state index contributed by atoms with van der Waals surface area (Å²) in [5.41, 5.74) is 0. The molecule has 0 radical (unpaired) electrons. The summed E-state index contributed by atoms with van der Waals surface area (Å²) in [5, 5.41) is 0. The van der Waals surface area contributed by atoms with Crippen LogP contribution in [0, 0.1) is 0 Å². The van der Waals surface area contributed by atoms with E-state index in [0.717, 1.165) is 14.0 Å². The van der Waals surface area contributed by atoms with E-state index >= 15 is 0 Å². The van der Waals surface area contributed by atoms with Crippen LogP contribution >= 0.6 is 7.82 Å². The van der Waals surface area contributed by atoms with Gasteiger partial charge >= 0.3 is 13.8 Å². The van der Waals surface area contributed by atoms with Crippen molar-refractivity contribution in [3.05, 3.63) is 0 Å². The van der Waals surface area contributed by atoms with Gasteiger partial charge in [0.15, 0.2) is 0 Å². The Balaban J connectivity index is 4.10. The smallest absolute Gasteiger partial charge is 0.371 e. The molecule has 0 saturated carbocycles. The van der Waals surface area contributed by atoms with Crippen molar-refractivity contribution < 1.29 is 22.9 Å². The quantitative estimate of drug-likeness (QED) is 0.614. The maximum atomic E-state index is 11.1. The van der Waals surface area contributed by atoms with Crippen molar-refractivity contribution in [3.63, 3.8) is 0 Å². The van der Waals surface area contributed by atoms with E-state index in [1.807, 2.05) is 0 Å². The molecule has 0 saturated heterocycles. The number of phosphoric acid groups is 1. The molecule has 0 N–H and O–H groups in total. The third kappa shape index (κ3) is 4.14. The highest BCUT2D eigenvalue weighted by atomic mass is 31.2. The number of carbonyl (C=O) groups is 1. The highest BCUT2D eigenvalue weighted by molar-refractivity contribution is 7.49. The Labute approximate surface area is 65.3 Å². The van der Waals surface area contributed by atoms with Crippen LogP contribution in [0.3, 0.4) is 0 Å². The highest BCUT2D eigenvalue weighted by Gasteiger charge is 2.26. The molecule has 0 aromatic carbocycles. The van der Waals surface area contributed by atoms with Crippen LogP contribution in [-0.2, 0) is 22.9 Å². The fraction of sp³-hybridized carbons (Fsp3) is 0.800. The molecule has 0 spiro atoms. The van der Waals surface area contributed by atoms with Crippen LogP contribution in [0.25, 0.3) is 0 Å². The zero-order valence-electron chi connectivity index (χ0n) is 6.70. The predicted molar refractivity (Wildman–Crippen MR) is 38.0 cm³/mol. The van der Waals surface area contributed by atoms with Gasteiger partial charge in [-0.3, -0.25) is 13.8 Å². The maximum absolute atomic E-state index is 11.1. The molecule has 0 amide bonds. The molecule has 5 nitrogen and oxygen atoms in total. The van der Waals surface area contributed by atoms with E-state index in [9.17, 15) is 9.36 Å². The minimum Gasteiger partial charge on any atom is -0.371 e. The van der Waals surface area contributed by atoms with E-state index in [2.05, 4.69) is 13.6 Å². The molecule has 0 aliphatic heterocycles. The van der Waals surface area contributed by atoms with Gasteiger partial charge in [0.25, 0.3) is 0 Å². The van der Waals surface area contributed by atoms with Crippen molar-refractivity contribution in [1.82, 2.24) is 0 Å². The van der Waals surface area contributed by atoms with Gasteiger partial charge in [-0.2, -0.15) is 0 Å². The largest absolute Gasteiger partial charge is 0.531 e. The Kier molecular flexibility index (Phi) is 4.33. The lowest BCUT2D eigenvalue weighted by Gasteiger charge is -2.12. The van der Waals surface area contributed by atoms with Crippen LogP contribution in [0.2, 0.25) is 0 Å². The van der Waals surface area contributed by atoms with Gasteiger partial charge in [0.2, 0.25) is 0 Å². The third-order valence-electron chi connectivity index (χ3n) is 0.751. The van der Waals surface area contributed by atoms with E-state index in [0.29, 0.717) is 0 Å². The summed E-state index contributed by atoms with van der Waals surface area (Å²) in [6, 6.07) is 0.